The van der Waals surface area contributed by atoms with E-state index in [1.807, 2.05) is 35.0 Å². The number of hydrogen-bond donors (Lipinski definition) is 2. The Morgan fingerprint density at radius 2 is 1.96 bits per heavy atom. The van der Waals surface area contributed by atoms with Crippen molar-refractivity contribution in [3.63, 3.8) is 0 Å². The van der Waals surface area contributed by atoms with Gasteiger partial charge in [-0.25, -0.2) is 9.78 Å². The Hall–Kier alpha value is -2.84. The van der Waals surface area contributed by atoms with Gasteiger partial charge in [0.25, 0.3) is 0 Å². The summed E-state index contributed by atoms with van der Waals surface area (Å²) in [4.78, 5) is 43.1. The molecule has 0 saturated carbocycles. The Kier molecular flexibility index (Phi) is 13.3. The van der Waals surface area contributed by atoms with Gasteiger partial charge in [-0.2, -0.15) is 0 Å². The van der Waals surface area contributed by atoms with Crippen molar-refractivity contribution in [1.82, 2.24) is 30.2 Å². The first kappa shape index (κ1) is 37.6. The molecule has 0 unspecified atom stereocenters. The van der Waals surface area contributed by atoms with Crippen LogP contribution in [-0.4, -0.2) is 99.2 Å². The highest BCUT2D eigenvalue weighted by Gasteiger charge is 2.55. The van der Waals surface area contributed by atoms with Crippen LogP contribution in [0.1, 0.15) is 80.6 Å². The molecule has 1 fully saturated rings. The van der Waals surface area contributed by atoms with Gasteiger partial charge in [-0.3, -0.25) is 19.2 Å². The molecule has 46 heavy (non-hydrogen) atoms. The van der Waals surface area contributed by atoms with Crippen LogP contribution in [0, 0.1) is 17.8 Å². The molecule has 0 bridgehead atoms. The molecule has 2 aromatic heterocycles. The van der Waals surface area contributed by atoms with E-state index in [2.05, 4.69) is 48.3 Å². The Morgan fingerprint density at radius 3 is 2.57 bits per heavy atom. The number of carboxylic acids is 1. The number of nitrogens with zero attached hydrogens (tertiary/aromatic N) is 5. The normalized spacial score (nSPS) is 22.9. The highest BCUT2D eigenvalue weighted by atomic mass is 32.1. The number of rotatable bonds is 20. The lowest BCUT2D eigenvalue weighted by Gasteiger charge is -2.41. The van der Waals surface area contributed by atoms with Crippen LogP contribution in [0.4, 0.5) is 4.79 Å². The topological polar surface area (TPSA) is 149 Å². The van der Waals surface area contributed by atoms with Crippen LogP contribution in [0.15, 0.2) is 17.8 Å². The second kappa shape index (κ2) is 16.3. The average molecular weight is 659 g/mol. The third-order valence-electron chi connectivity index (χ3n) is 9.82. The van der Waals surface area contributed by atoms with E-state index in [-0.39, 0.29) is 36.4 Å². The van der Waals surface area contributed by atoms with Gasteiger partial charge in [-0.05, 0) is 77.6 Å². The van der Waals surface area contributed by atoms with Crippen molar-refractivity contribution < 1.29 is 29.0 Å². The molecule has 1 aliphatic heterocycles. The number of ether oxygens (including phenoxy) is 2. The molecule has 0 aromatic carbocycles. The van der Waals surface area contributed by atoms with Crippen molar-refractivity contribution in [3.8, 4) is 10.7 Å². The SMILES string of the molecule is [B][C@H](CC(=O)[C@@H](C)C(=O)O)[C@](C)(C[C@@H](C)CN[C@H](C)[C@H]1N(CCCCn2cc(-c3nccs3)nn2)C(=O)O[C@]1(C)[C@H](C)CC)OC. The second-order valence-corrected chi connectivity index (χ2v) is 14.2. The van der Waals surface area contributed by atoms with E-state index in [9.17, 15) is 19.5 Å². The van der Waals surface area contributed by atoms with E-state index in [0.29, 0.717) is 26.1 Å². The van der Waals surface area contributed by atoms with Crippen molar-refractivity contribution in [2.24, 2.45) is 17.8 Å². The van der Waals surface area contributed by atoms with E-state index >= 15 is 0 Å². The number of Topliss-reactive ketones (excluding diaryl/α,β-unsaturated/α-hetero) is 1. The fraction of sp³-hybridized carbons (Fsp3) is 0.750. The van der Waals surface area contributed by atoms with Crippen molar-refractivity contribution in [2.75, 3.05) is 20.2 Å². The fourth-order valence-electron chi connectivity index (χ4n) is 6.33. The third-order valence-corrected chi connectivity index (χ3v) is 10.6. The van der Waals surface area contributed by atoms with Crippen molar-refractivity contribution in [1.29, 1.82) is 0 Å². The number of ketones is 1. The van der Waals surface area contributed by atoms with Gasteiger partial charge >= 0.3 is 12.1 Å². The molecule has 2 N–H and O–H groups in total. The molecule has 3 rings (SSSR count). The molecule has 8 atom stereocenters. The Morgan fingerprint density at radius 1 is 1.26 bits per heavy atom. The molecule has 3 heterocycles. The predicted molar refractivity (Wildman–Crippen MR) is 178 cm³/mol. The quantitative estimate of drug-likeness (QED) is 0.115. The van der Waals surface area contributed by atoms with E-state index < -0.39 is 34.7 Å². The summed E-state index contributed by atoms with van der Waals surface area (Å²) in [7, 11) is 7.97. The number of aliphatic carboxylic acids is 1. The number of methoxy groups -OCH3 is 1. The van der Waals surface area contributed by atoms with E-state index in [4.69, 9.17) is 17.3 Å². The minimum atomic E-state index is -1.16. The highest BCUT2D eigenvalue weighted by Crippen LogP contribution is 2.40. The summed E-state index contributed by atoms with van der Waals surface area (Å²) < 4.78 is 13.7. The van der Waals surface area contributed by atoms with Gasteiger partial charge in [0.1, 0.15) is 28.0 Å². The smallest absolute Gasteiger partial charge is 0.410 e. The molecule has 1 saturated heterocycles. The molecule has 12 nitrogen and oxygen atoms in total. The zero-order chi connectivity index (χ0) is 34.2. The predicted octanol–water partition coefficient (Wildman–Crippen LogP) is 4.85. The van der Waals surface area contributed by atoms with Crippen LogP contribution < -0.4 is 5.32 Å². The van der Waals surface area contributed by atoms with Gasteiger partial charge in [-0.1, -0.05) is 26.0 Å². The van der Waals surface area contributed by atoms with Crippen molar-refractivity contribution in [3.05, 3.63) is 17.8 Å². The standard InChI is InChI=1S/C32H51BN6O6S/c1-9-21(3)32(7)27(23(5)35-18-20(2)17-31(6,44-8)26(33)16-25(40)22(4)29(41)42)39(30(43)45-32)14-11-10-13-38-19-24(36-37-38)28-34-12-15-46-28/h12,15,19-23,26-27,35H,9-11,13-14,16-18H2,1-8H3,(H,41,42)/t20-,21-,22-,23-,26-,27-,31+,32-/m1/s1. The van der Waals surface area contributed by atoms with Crippen LogP contribution in [-0.2, 0) is 25.6 Å². The van der Waals surface area contributed by atoms with Gasteiger partial charge in [0, 0.05) is 44.2 Å². The zero-order valence-electron chi connectivity index (χ0n) is 28.6. The number of unbranched alkanes of at least 4 members (excludes halogenated alkanes) is 1. The number of thiazole rings is 1. The average Bonchev–Trinajstić information content (AvgIpc) is 3.77. The lowest BCUT2D eigenvalue weighted by molar-refractivity contribution is -0.146. The number of aromatic nitrogens is 4. The lowest BCUT2D eigenvalue weighted by Crippen LogP contribution is -2.58. The first-order valence-corrected chi connectivity index (χ1v) is 17.1. The third kappa shape index (κ3) is 8.94. The number of nitrogens with one attached hydrogen (secondary N) is 1. The number of amides is 1. The number of cyclic esters (lactones) is 1. The van der Waals surface area contributed by atoms with Crippen molar-refractivity contribution >= 4 is 37.0 Å². The monoisotopic (exact) mass is 658 g/mol. The van der Waals surface area contributed by atoms with Crippen LogP contribution in [0.5, 0.6) is 0 Å². The van der Waals surface area contributed by atoms with E-state index in [1.165, 1.54) is 18.3 Å². The van der Waals surface area contributed by atoms with E-state index in [1.54, 1.807) is 13.3 Å². The maximum atomic E-state index is 13.3. The number of hydrogen-bond acceptors (Lipinski definition) is 10. The highest BCUT2D eigenvalue weighted by molar-refractivity contribution is 7.13. The van der Waals surface area contributed by atoms with Gasteiger partial charge in [0.2, 0.25) is 0 Å². The summed E-state index contributed by atoms with van der Waals surface area (Å²) >= 11 is 1.52. The first-order chi connectivity index (χ1) is 21.7. The maximum Gasteiger partial charge on any atom is 0.410 e. The Balaban J connectivity index is 1.61. The zero-order valence-corrected chi connectivity index (χ0v) is 29.4. The van der Waals surface area contributed by atoms with Gasteiger partial charge < -0.3 is 19.9 Å². The number of carbonyl (C=O) groups excluding carboxylic acids is 2. The molecule has 14 heteroatoms. The molecule has 0 spiro atoms. The minimum absolute atomic E-state index is 0.0791. The molecule has 2 radical (unpaired) electrons. The maximum absolute atomic E-state index is 13.3. The second-order valence-electron chi connectivity index (χ2n) is 13.3. The fourth-order valence-corrected chi connectivity index (χ4v) is 6.92. The minimum Gasteiger partial charge on any atom is -0.481 e. The summed E-state index contributed by atoms with van der Waals surface area (Å²) in [5.74, 6) is -3.10. The number of carboxylic acid groups (broad SMARTS) is 1. The van der Waals surface area contributed by atoms with Gasteiger partial charge in [0.05, 0.1) is 25.7 Å². The van der Waals surface area contributed by atoms with Crippen LogP contribution in [0.2, 0.25) is 5.82 Å². The summed E-state index contributed by atoms with van der Waals surface area (Å²) in [6.45, 7) is 15.5. The number of aryl methyl sites for hydroxylation is 1. The molecular formula is C32H51BN6O6S. The van der Waals surface area contributed by atoms with Crippen LogP contribution in [0.3, 0.4) is 0 Å². The molecular weight excluding hydrogens is 607 g/mol. The largest absolute Gasteiger partial charge is 0.481 e. The lowest BCUT2D eigenvalue weighted by atomic mass is 9.67. The van der Waals surface area contributed by atoms with E-state index in [0.717, 1.165) is 30.0 Å². The number of carbonyl (C=O) groups is 3. The Bertz CT molecular complexity index is 1300. The summed E-state index contributed by atoms with van der Waals surface area (Å²) in [5.41, 5.74) is -0.737. The molecule has 0 aliphatic carbocycles. The molecule has 2 aromatic rings. The molecule has 254 valence electrons. The van der Waals surface area contributed by atoms with Gasteiger partial charge in [-0.15, -0.1) is 16.4 Å². The van der Waals surface area contributed by atoms with Crippen LogP contribution in [0.25, 0.3) is 10.7 Å². The first-order valence-electron chi connectivity index (χ1n) is 16.3. The Labute approximate surface area is 278 Å². The van der Waals surface area contributed by atoms with Crippen LogP contribution >= 0.6 is 11.3 Å². The summed E-state index contributed by atoms with van der Waals surface area (Å²) in [6, 6.07) is -0.263. The van der Waals surface area contributed by atoms with Crippen molar-refractivity contribution in [2.45, 2.75) is 116 Å². The molecule has 1 aliphatic rings. The summed E-state index contributed by atoms with van der Waals surface area (Å²) in [6.07, 6.45) is 6.29. The van der Waals surface area contributed by atoms with Gasteiger partial charge in [0.15, 0.2) is 0 Å². The summed E-state index contributed by atoms with van der Waals surface area (Å²) in [5, 5.41) is 24.1. The molecule has 1 amide bonds.